The predicted molar refractivity (Wildman–Crippen MR) is 97.6 cm³/mol. The van der Waals surface area contributed by atoms with Gasteiger partial charge in [-0.05, 0) is 63.0 Å². The van der Waals surface area contributed by atoms with E-state index in [0.29, 0.717) is 23.7 Å². The highest BCUT2D eigenvalue weighted by molar-refractivity contribution is 5.79. The van der Waals surface area contributed by atoms with E-state index in [1.165, 1.54) is 12.8 Å². The van der Waals surface area contributed by atoms with Crippen LogP contribution in [0.25, 0.3) is 0 Å². The number of nitrogens with zero attached hydrogens (tertiary/aromatic N) is 1. The summed E-state index contributed by atoms with van der Waals surface area (Å²) in [6, 6.07) is 3.63. The zero-order chi connectivity index (χ0) is 18.2. The molecule has 25 heavy (non-hydrogen) atoms. The summed E-state index contributed by atoms with van der Waals surface area (Å²) in [5.74, 6) is 2.41. The van der Waals surface area contributed by atoms with E-state index in [2.05, 4.69) is 17.3 Å². The van der Waals surface area contributed by atoms with E-state index >= 15 is 0 Å². The number of benzene rings is 1. The maximum Gasteiger partial charge on any atom is 0.224 e. The molecule has 0 aromatic heterocycles. The third-order valence-corrected chi connectivity index (χ3v) is 4.80. The van der Waals surface area contributed by atoms with Crippen LogP contribution in [0.3, 0.4) is 0 Å². The Morgan fingerprint density at radius 3 is 2.24 bits per heavy atom. The monoisotopic (exact) mass is 350 g/mol. The van der Waals surface area contributed by atoms with E-state index < -0.39 is 0 Å². The topological polar surface area (TPSA) is 60.0 Å². The number of likely N-dealkylation sites (tertiary alicyclic amines) is 1. The van der Waals surface area contributed by atoms with Crippen molar-refractivity contribution in [2.45, 2.75) is 25.7 Å². The summed E-state index contributed by atoms with van der Waals surface area (Å²) in [5.41, 5.74) is 0.839. The highest BCUT2D eigenvalue weighted by Gasteiger charge is 2.17. The second-order valence-electron chi connectivity index (χ2n) is 6.60. The molecule has 1 N–H and O–H groups in total. The second-order valence-corrected chi connectivity index (χ2v) is 6.60. The smallest absolute Gasteiger partial charge is 0.224 e. The van der Waals surface area contributed by atoms with Gasteiger partial charge in [-0.3, -0.25) is 4.79 Å². The van der Waals surface area contributed by atoms with Crippen LogP contribution < -0.4 is 19.5 Å². The quantitative estimate of drug-likeness (QED) is 0.778. The van der Waals surface area contributed by atoms with Crippen molar-refractivity contribution in [3.05, 3.63) is 17.7 Å². The van der Waals surface area contributed by atoms with Crippen LogP contribution in [0.4, 0.5) is 0 Å². The molecule has 2 rings (SSSR count). The fourth-order valence-electron chi connectivity index (χ4n) is 3.25. The van der Waals surface area contributed by atoms with Gasteiger partial charge in [-0.25, -0.2) is 0 Å². The molecule has 0 bridgehead atoms. The molecule has 0 spiro atoms. The summed E-state index contributed by atoms with van der Waals surface area (Å²) < 4.78 is 16.0. The van der Waals surface area contributed by atoms with Crippen LogP contribution in [0.1, 0.15) is 24.8 Å². The Morgan fingerprint density at radius 2 is 1.72 bits per heavy atom. The largest absolute Gasteiger partial charge is 0.493 e. The molecule has 0 unspecified atom stereocenters. The van der Waals surface area contributed by atoms with Gasteiger partial charge in [0, 0.05) is 6.54 Å². The van der Waals surface area contributed by atoms with Crippen molar-refractivity contribution in [3.63, 3.8) is 0 Å². The lowest BCUT2D eigenvalue weighted by Crippen LogP contribution is -2.33. The number of piperidine rings is 1. The summed E-state index contributed by atoms with van der Waals surface area (Å²) >= 11 is 0. The molecule has 1 aliphatic heterocycles. The van der Waals surface area contributed by atoms with E-state index in [0.717, 1.165) is 37.5 Å². The number of amides is 1. The third-order valence-electron chi connectivity index (χ3n) is 4.80. The predicted octanol–water partition coefficient (Wildman–Crippen LogP) is 2.10. The lowest BCUT2D eigenvalue weighted by molar-refractivity contribution is -0.120. The van der Waals surface area contributed by atoms with Crippen LogP contribution in [0.5, 0.6) is 17.2 Å². The molecule has 1 aromatic carbocycles. The van der Waals surface area contributed by atoms with Crippen molar-refractivity contribution in [1.82, 2.24) is 10.2 Å². The van der Waals surface area contributed by atoms with Crippen LogP contribution >= 0.6 is 0 Å². The third kappa shape index (κ3) is 5.53. The van der Waals surface area contributed by atoms with Crippen molar-refractivity contribution in [1.29, 1.82) is 0 Å². The maximum atomic E-state index is 12.2. The highest BCUT2D eigenvalue weighted by Crippen LogP contribution is 2.38. The van der Waals surface area contributed by atoms with Crippen LogP contribution in [-0.2, 0) is 11.2 Å². The Hall–Kier alpha value is -1.95. The molecule has 0 aliphatic carbocycles. The number of methoxy groups -OCH3 is 3. The number of hydrogen-bond donors (Lipinski definition) is 1. The van der Waals surface area contributed by atoms with Crippen molar-refractivity contribution >= 4 is 5.91 Å². The van der Waals surface area contributed by atoms with Gasteiger partial charge >= 0.3 is 0 Å². The molecule has 1 amide bonds. The molecular formula is C19H30N2O4. The first kappa shape index (κ1) is 19.4. The Bertz CT molecular complexity index is 544. The fourth-order valence-corrected chi connectivity index (χ4v) is 3.25. The Balaban J connectivity index is 1.85. The maximum absolute atomic E-state index is 12.2. The molecule has 1 saturated heterocycles. The fraction of sp³-hybridized carbons (Fsp3) is 0.632. The Morgan fingerprint density at radius 1 is 1.12 bits per heavy atom. The number of carbonyl (C=O) groups excluding carboxylic acids is 1. The number of carbonyl (C=O) groups is 1. The summed E-state index contributed by atoms with van der Waals surface area (Å²) in [7, 11) is 6.87. The molecule has 140 valence electrons. The first-order valence-electron chi connectivity index (χ1n) is 8.81. The molecule has 0 atom stereocenters. The van der Waals surface area contributed by atoms with Crippen molar-refractivity contribution in [2.24, 2.45) is 5.92 Å². The van der Waals surface area contributed by atoms with E-state index in [1.54, 1.807) is 21.3 Å². The molecule has 0 radical (unpaired) electrons. The summed E-state index contributed by atoms with van der Waals surface area (Å²) in [6.07, 6.45) is 3.79. The lowest BCUT2D eigenvalue weighted by atomic mass is 9.94. The van der Waals surface area contributed by atoms with Gasteiger partial charge in [0.15, 0.2) is 11.5 Å². The van der Waals surface area contributed by atoms with Gasteiger partial charge in [0.25, 0.3) is 0 Å². The number of nitrogens with one attached hydrogen (secondary N) is 1. The molecule has 1 heterocycles. The van der Waals surface area contributed by atoms with E-state index in [9.17, 15) is 4.79 Å². The van der Waals surface area contributed by atoms with Crippen molar-refractivity contribution in [2.75, 3.05) is 48.0 Å². The molecule has 1 fully saturated rings. The average Bonchev–Trinajstić information content (AvgIpc) is 2.62. The molecule has 1 aromatic rings. The first-order valence-corrected chi connectivity index (χ1v) is 8.81. The number of hydrogen-bond acceptors (Lipinski definition) is 5. The number of ether oxygens (including phenoxy) is 3. The van der Waals surface area contributed by atoms with Gasteiger partial charge < -0.3 is 24.4 Å². The Labute approximate surface area is 150 Å². The molecule has 6 heteroatoms. The van der Waals surface area contributed by atoms with Crippen LogP contribution in [0.2, 0.25) is 0 Å². The molecular weight excluding hydrogens is 320 g/mol. The standard InChI is InChI=1S/C19H30N2O4/c1-21-9-6-14(7-10-21)5-8-20-18(22)13-15-11-16(23-2)19(25-4)17(12-15)24-3/h11-12,14H,5-10,13H2,1-4H3,(H,20,22). The van der Waals surface area contributed by atoms with Gasteiger partial charge in [0.1, 0.15) is 0 Å². The minimum atomic E-state index is 0.0159. The summed E-state index contributed by atoms with van der Waals surface area (Å²) in [5, 5.41) is 3.03. The van der Waals surface area contributed by atoms with Crippen molar-refractivity contribution in [3.8, 4) is 17.2 Å². The summed E-state index contributed by atoms with van der Waals surface area (Å²) in [6.45, 7) is 3.05. The number of rotatable bonds is 8. The van der Waals surface area contributed by atoms with E-state index in [-0.39, 0.29) is 5.91 Å². The zero-order valence-corrected chi connectivity index (χ0v) is 15.8. The molecule has 6 nitrogen and oxygen atoms in total. The van der Waals surface area contributed by atoms with E-state index in [1.807, 2.05) is 12.1 Å². The van der Waals surface area contributed by atoms with Crippen molar-refractivity contribution < 1.29 is 19.0 Å². The SMILES string of the molecule is COc1cc(CC(=O)NCCC2CCN(C)CC2)cc(OC)c1OC. The first-order chi connectivity index (χ1) is 12.1. The Kier molecular flexibility index (Phi) is 7.37. The minimum Gasteiger partial charge on any atom is -0.493 e. The van der Waals surface area contributed by atoms with Crippen LogP contribution in [0, 0.1) is 5.92 Å². The van der Waals surface area contributed by atoms with Gasteiger partial charge in [0.05, 0.1) is 27.8 Å². The zero-order valence-electron chi connectivity index (χ0n) is 15.8. The lowest BCUT2D eigenvalue weighted by Gasteiger charge is -2.28. The van der Waals surface area contributed by atoms with Gasteiger partial charge in [-0.15, -0.1) is 0 Å². The minimum absolute atomic E-state index is 0.0159. The van der Waals surface area contributed by atoms with Gasteiger partial charge in [-0.1, -0.05) is 0 Å². The van der Waals surface area contributed by atoms with E-state index in [4.69, 9.17) is 14.2 Å². The average molecular weight is 350 g/mol. The van der Waals surface area contributed by atoms with Gasteiger partial charge in [0.2, 0.25) is 11.7 Å². The second kappa shape index (κ2) is 9.51. The normalized spacial score (nSPS) is 15.7. The summed E-state index contributed by atoms with van der Waals surface area (Å²) in [4.78, 5) is 14.6. The highest BCUT2D eigenvalue weighted by atomic mass is 16.5. The van der Waals surface area contributed by atoms with Gasteiger partial charge in [-0.2, -0.15) is 0 Å². The molecule has 0 saturated carbocycles. The molecule has 1 aliphatic rings. The van der Waals surface area contributed by atoms with Crippen LogP contribution in [0.15, 0.2) is 12.1 Å². The van der Waals surface area contributed by atoms with Crippen LogP contribution in [-0.4, -0.2) is 58.8 Å².